The molecule has 9 nitrogen and oxygen atoms in total. The summed E-state index contributed by atoms with van der Waals surface area (Å²) in [4.78, 5) is 21.1. The van der Waals surface area contributed by atoms with Gasteiger partial charge in [0.2, 0.25) is 0 Å². The Morgan fingerprint density at radius 1 is 1.15 bits per heavy atom. The summed E-state index contributed by atoms with van der Waals surface area (Å²) in [5, 5.41) is 26.5. The molecular weight excluding hydrogens is 465 g/mol. The summed E-state index contributed by atoms with van der Waals surface area (Å²) in [5.74, 6) is -3.01. The second kappa shape index (κ2) is 10.1. The molecular formula is C20H16ClF3N6O3. The van der Waals surface area contributed by atoms with Crippen molar-refractivity contribution >= 4 is 34.4 Å². The number of rotatable bonds is 5. The molecule has 0 saturated carbocycles. The number of nitrogens with zero attached hydrogens (tertiary/aromatic N) is 4. The summed E-state index contributed by atoms with van der Waals surface area (Å²) in [6, 6.07) is 13.3. The lowest BCUT2D eigenvalue weighted by molar-refractivity contribution is -0.192. The van der Waals surface area contributed by atoms with E-state index in [0.29, 0.717) is 18.0 Å². The summed E-state index contributed by atoms with van der Waals surface area (Å²) < 4.78 is 33.3. The van der Waals surface area contributed by atoms with Gasteiger partial charge < -0.3 is 10.4 Å². The Morgan fingerprint density at radius 2 is 1.85 bits per heavy atom. The van der Waals surface area contributed by atoms with Gasteiger partial charge in [0.05, 0.1) is 23.6 Å². The number of H-pyrrole nitrogens is 1. The van der Waals surface area contributed by atoms with Crippen LogP contribution < -0.4 is 5.32 Å². The maximum atomic E-state index is 12.2. The minimum Gasteiger partial charge on any atom is -0.475 e. The van der Waals surface area contributed by atoms with Crippen LogP contribution in [0.2, 0.25) is 5.02 Å². The lowest BCUT2D eigenvalue weighted by Crippen LogP contribution is -2.26. The molecule has 0 bridgehead atoms. The van der Waals surface area contributed by atoms with Crippen molar-refractivity contribution in [2.45, 2.75) is 12.6 Å². The lowest BCUT2D eigenvalue weighted by atomic mass is 10.1. The number of aromatic nitrogens is 5. The molecule has 0 aliphatic rings. The number of hydrogen-bond donors (Lipinski definition) is 3. The number of carbonyl (C=O) groups excluding carboxylic acids is 1. The normalized spacial score (nSPS) is 11.0. The molecule has 172 valence electrons. The smallest absolute Gasteiger partial charge is 0.475 e. The van der Waals surface area contributed by atoms with Gasteiger partial charge in [-0.05, 0) is 42.3 Å². The number of carbonyl (C=O) groups is 2. The van der Waals surface area contributed by atoms with Crippen molar-refractivity contribution in [1.82, 2.24) is 30.5 Å². The molecule has 2 aromatic carbocycles. The highest BCUT2D eigenvalue weighted by Gasteiger charge is 2.38. The summed E-state index contributed by atoms with van der Waals surface area (Å²) in [5.41, 5.74) is 3.13. The molecule has 2 aromatic heterocycles. The summed E-state index contributed by atoms with van der Waals surface area (Å²) in [7, 11) is 0. The Morgan fingerprint density at radius 3 is 2.52 bits per heavy atom. The highest BCUT2D eigenvalue weighted by Crippen LogP contribution is 2.16. The monoisotopic (exact) mass is 480 g/mol. The predicted molar refractivity (Wildman–Crippen MR) is 112 cm³/mol. The van der Waals surface area contributed by atoms with Crippen LogP contribution in [-0.2, 0) is 11.2 Å². The number of halogens is 4. The van der Waals surface area contributed by atoms with Gasteiger partial charge >= 0.3 is 12.1 Å². The van der Waals surface area contributed by atoms with E-state index in [4.69, 9.17) is 21.5 Å². The van der Waals surface area contributed by atoms with E-state index < -0.39 is 12.1 Å². The molecule has 0 aliphatic heterocycles. The van der Waals surface area contributed by atoms with Crippen LogP contribution in [0.15, 0.2) is 54.9 Å². The maximum absolute atomic E-state index is 12.2. The first-order valence-electron chi connectivity index (χ1n) is 9.32. The van der Waals surface area contributed by atoms with E-state index in [1.165, 1.54) is 0 Å². The van der Waals surface area contributed by atoms with Crippen molar-refractivity contribution < 1.29 is 27.9 Å². The van der Waals surface area contributed by atoms with Crippen LogP contribution >= 0.6 is 11.6 Å². The number of fused-ring (bicyclic) bond motifs is 1. The zero-order valence-electron chi connectivity index (χ0n) is 16.7. The minimum atomic E-state index is -5.08. The molecule has 0 aliphatic carbocycles. The SMILES string of the molecule is O=C(NCCc1ccc(Cl)cc1)c1cn(-c2ccc3[nH]ncc3c2)nn1.O=C(O)C(F)(F)F. The van der Waals surface area contributed by atoms with Crippen molar-refractivity contribution in [2.24, 2.45) is 0 Å². The predicted octanol–water partition coefficient (Wildman–Crippen LogP) is 3.40. The second-order valence-corrected chi connectivity index (χ2v) is 7.06. The molecule has 13 heteroatoms. The van der Waals surface area contributed by atoms with Crippen molar-refractivity contribution in [1.29, 1.82) is 0 Å². The Balaban J connectivity index is 0.000000383. The Hall–Kier alpha value is -3.93. The van der Waals surface area contributed by atoms with Crippen molar-refractivity contribution in [2.75, 3.05) is 6.54 Å². The van der Waals surface area contributed by atoms with Gasteiger partial charge in [-0.1, -0.05) is 28.9 Å². The van der Waals surface area contributed by atoms with E-state index in [9.17, 15) is 18.0 Å². The van der Waals surface area contributed by atoms with Crippen LogP contribution in [-0.4, -0.2) is 54.9 Å². The van der Waals surface area contributed by atoms with E-state index in [0.717, 1.165) is 22.2 Å². The first kappa shape index (κ1) is 23.7. The molecule has 0 spiro atoms. The third kappa shape index (κ3) is 6.53. The van der Waals surface area contributed by atoms with Crippen LogP contribution in [0, 0.1) is 0 Å². The van der Waals surface area contributed by atoms with Crippen molar-refractivity contribution in [3.8, 4) is 5.69 Å². The lowest BCUT2D eigenvalue weighted by Gasteiger charge is -2.03. The van der Waals surface area contributed by atoms with Gasteiger partial charge in [-0.3, -0.25) is 9.89 Å². The Kier molecular flexibility index (Phi) is 7.28. The Bertz CT molecular complexity index is 1250. The first-order valence-corrected chi connectivity index (χ1v) is 9.70. The fourth-order valence-corrected chi connectivity index (χ4v) is 2.75. The van der Waals surface area contributed by atoms with Crippen molar-refractivity contribution in [3.63, 3.8) is 0 Å². The van der Waals surface area contributed by atoms with Crippen LogP contribution in [0.3, 0.4) is 0 Å². The third-order valence-electron chi connectivity index (χ3n) is 4.27. The number of carboxylic acids is 1. The van der Waals surface area contributed by atoms with Gasteiger partial charge in [-0.25, -0.2) is 9.48 Å². The summed E-state index contributed by atoms with van der Waals surface area (Å²) in [6.07, 6.45) is -1.02. The van der Waals surface area contributed by atoms with Crippen LogP contribution in [0.5, 0.6) is 0 Å². The van der Waals surface area contributed by atoms with Crippen molar-refractivity contribution in [3.05, 3.63) is 71.1 Å². The fraction of sp³-hybridized carbons (Fsp3) is 0.150. The van der Waals surface area contributed by atoms with Gasteiger partial charge in [0.1, 0.15) is 0 Å². The molecule has 0 saturated heterocycles. The molecule has 0 unspecified atom stereocenters. The first-order chi connectivity index (χ1) is 15.6. The van der Waals surface area contributed by atoms with Gasteiger partial charge in [0.25, 0.3) is 5.91 Å². The number of aromatic amines is 1. The largest absolute Gasteiger partial charge is 0.490 e. The number of carboxylic acid groups (broad SMARTS) is 1. The second-order valence-electron chi connectivity index (χ2n) is 6.63. The van der Waals surface area contributed by atoms with Crippen LogP contribution in [0.1, 0.15) is 16.1 Å². The molecule has 3 N–H and O–H groups in total. The molecule has 0 fully saturated rings. The quantitative estimate of drug-likeness (QED) is 0.402. The Labute approximate surface area is 189 Å². The molecule has 0 atom stereocenters. The van der Waals surface area contributed by atoms with E-state index in [2.05, 4.69) is 25.8 Å². The fourth-order valence-electron chi connectivity index (χ4n) is 2.63. The van der Waals surface area contributed by atoms with E-state index >= 15 is 0 Å². The maximum Gasteiger partial charge on any atom is 0.490 e. The molecule has 4 rings (SSSR count). The topological polar surface area (TPSA) is 126 Å². The number of hydrogen-bond acceptors (Lipinski definition) is 5. The van der Waals surface area contributed by atoms with Gasteiger partial charge in [-0.2, -0.15) is 18.3 Å². The van der Waals surface area contributed by atoms with E-state index in [1.807, 2.05) is 42.5 Å². The molecule has 4 aromatic rings. The summed E-state index contributed by atoms with van der Waals surface area (Å²) >= 11 is 5.86. The average molecular weight is 481 g/mol. The minimum absolute atomic E-state index is 0.255. The highest BCUT2D eigenvalue weighted by atomic mass is 35.5. The standard InChI is InChI=1S/C18H15ClN6O.C2HF3O2/c19-14-3-1-12(2-4-14)7-8-20-18(26)17-11-25(24-23-17)15-5-6-16-13(9-15)10-21-22-16;3-2(4,5)1(6)7/h1-6,9-11H,7-8H2,(H,20,26)(H,21,22);(H,6,7). The number of alkyl halides is 3. The molecule has 33 heavy (non-hydrogen) atoms. The zero-order valence-corrected chi connectivity index (χ0v) is 17.4. The van der Waals surface area contributed by atoms with Gasteiger partial charge in [0.15, 0.2) is 5.69 Å². The molecule has 0 radical (unpaired) electrons. The number of nitrogens with one attached hydrogen (secondary N) is 2. The van der Waals surface area contributed by atoms with Gasteiger partial charge in [-0.15, -0.1) is 5.10 Å². The van der Waals surface area contributed by atoms with Gasteiger partial charge in [0, 0.05) is 17.0 Å². The summed E-state index contributed by atoms with van der Waals surface area (Å²) in [6.45, 7) is 0.508. The number of benzene rings is 2. The van der Waals surface area contributed by atoms with E-state index in [1.54, 1.807) is 17.1 Å². The number of amides is 1. The highest BCUT2D eigenvalue weighted by molar-refractivity contribution is 6.30. The zero-order chi connectivity index (χ0) is 24.0. The molecule has 2 heterocycles. The van der Waals surface area contributed by atoms with Crippen LogP contribution in [0.25, 0.3) is 16.6 Å². The number of aliphatic carboxylic acids is 1. The van der Waals surface area contributed by atoms with E-state index in [-0.39, 0.29) is 11.6 Å². The van der Waals surface area contributed by atoms with Crippen LogP contribution in [0.4, 0.5) is 13.2 Å². The average Bonchev–Trinajstić information content (AvgIpc) is 3.44. The molecule has 1 amide bonds. The third-order valence-corrected chi connectivity index (χ3v) is 4.52.